The summed E-state index contributed by atoms with van der Waals surface area (Å²) in [4.78, 5) is 23.0. The Kier molecular flexibility index (Phi) is 10.8. The predicted molar refractivity (Wildman–Crippen MR) is 194 cm³/mol. The Morgan fingerprint density at radius 1 is 0.592 bits per heavy atom. The quantitative estimate of drug-likeness (QED) is 0.287. The van der Waals surface area contributed by atoms with E-state index >= 15 is 0 Å². The SMILES string of the molecule is C.CC(O)c1ccc2c(c1)C(c1ccnc(N3CCOCC3)c1)=NC2.CC(O)c1ccc2c(c1)C(c1ccnc(N3CCOCC3)c1)=NC2. The minimum absolute atomic E-state index is 0. The van der Waals surface area contributed by atoms with E-state index in [4.69, 9.17) is 19.5 Å². The number of hydrogen-bond donors (Lipinski definition) is 2. The maximum Gasteiger partial charge on any atom is 0.129 e. The molecule has 0 bridgehead atoms. The van der Waals surface area contributed by atoms with Crippen LogP contribution in [0.4, 0.5) is 11.6 Å². The van der Waals surface area contributed by atoms with E-state index in [1.165, 1.54) is 11.1 Å². The maximum atomic E-state index is 9.86. The lowest BCUT2D eigenvalue weighted by atomic mass is 9.97. The number of fused-ring (bicyclic) bond motifs is 2. The summed E-state index contributed by atoms with van der Waals surface area (Å²) in [7, 11) is 0. The van der Waals surface area contributed by atoms with Crippen molar-refractivity contribution in [3.05, 3.63) is 118 Å². The van der Waals surface area contributed by atoms with Crippen molar-refractivity contribution < 1.29 is 19.7 Å². The fourth-order valence-electron chi connectivity index (χ4n) is 6.48. The van der Waals surface area contributed by atoms with Crippen LogP contribution in [0.5, 0.6) is 0 Å². The lowest BCUT2D eigenvalue weighted by Crippen LogP contribution is -2.36. The monoisotopic (exact) mass is 662 g/mol. The molecule has 2 unspecified atom stereocenters. The minimum Gasteiger partial charge on any atom is -0.389 e. The molecule has 256 valence electrons. The van der Waals surface area contributed by atoms with Gasteiger partial charge < -0.3 is 29.5 Å². The van der Waals surface area contributed by atoms with Gasteiger partial charge >= 0.3 is 0 Å². The van der Waals surface area contributed by atoms with E-state index in [-0.39, 0.29) is 7.43 Å². The van der Waals surface area contributed by atoms with E-state index in [0.717, 1.165) is 109 Å². The molecule has 2 saturated heterocycles. The molecule has 4 aromatic rings. The number of aliphatic hydroxyl groups excluding tert-OH is 2. The van der Waals surface area contributed by atoms with Crippen molar-refractivity contribution in [2.24, 2.45) is 9.98 Å². The van der Waals surface area contributed by atoms with Gasteiger partial charge in [0.25, 0.3) is 0 Å². The first-order valence-corrected chi connectivity index (χ1v) is 16.7. The molecule has 4 aliphatic rings. The second-order valence-electron chi connectivity index (χ2n) is 12.5. The Hall–Kier alpha value is -4.48. The van der Waals surface area contributed by atoms with Gasteiger partial charge in [-0.2, -0.15) is 0 Å². The number of anilines is 2. The van der Waals surface area contributed by atoms with Crippen LogP contribution >= 0.6 is 0 Å². The van der Waals surface area contributed by atoms with Gasteiger partial charge in [0.1, 0.15) is 11.6 Å². The van der Waals surface area contributed by atoms with Crippen LogP contribution in [0.3, 0.4) is 0 Å². The summed E-state index contributed by atoms with van der Waals surface area (Å²) in [6, 6.07) is 20.4. The number of morpholine rings is 2. The van der Waals surface area contributed by atoms with Crippen LogP contribution in [0.25, 0.3) is 0 Å². The zero-order valence-electron chi connectivity index (χ0n) is 27.5. The van der Waals surface area contributed by atoms with Gasteiger partial charge in [0.2, 0.25) is 0 Å². The largest absolute Gasteiger partial charge is 0.389 e. The van der Waals surface area contributed by atoms with Crippen LogP contribution in [0.1, 0.15) is 78.0 Å². The molecule has 0 spiro atoms. The molecule has 10 heteroatoms. The molecule has 2 atom stereocenters. The number of rotatable bonds is 6. The third-order valence-corrected chi connectivity index (χ3v) is 9.27. The number of ether oxygens (including phenoxy) is 2. The first-order valence-electron chi connectivity index (χ1n) is 16.7. The Morgan fingerprint density at radius 2 is 1.00 bits per heavy atom. The third kappa shape index (κ3) is 7.58. The van der Waals surface area contributed by atoms with E-state index in [9.17, 15) is 10.2 Å². The molecule has 2 aromatic carbocycles. The molecular weight excluding hydrogens is 616 g/mol. The first-order chi connectivity index (χ1) is 23.4. The molecular formula is C39H46N6O4. The number of hydrogen-bond acceptors (Lipinski definition) is 10. The second kappa shape index (κ2) is 15.4. The Morgan fingerprint density at radius 3 is 1.39 bits per heavy atom. The van der Waals surface area contributed by atoms with Crippen molar-refractivity contribution in [3.63, 3.8) is 0 Å². The number of nitrogens with zero attached hydrogens (tertiary/aromatic N) is 6. The summed E-state index contributed by atoms with van der Waals surface area (Å²) in [6.07, 6.45) is 2.75. The zero-order chi connectivity index (χ0) is 33.0. The number of benzene rings is 2. The van der Waals surface area contributed by atoms with E-state index < -0.39 is 12.2 Å². The van der Waals surface area contributed by atoms with E-state index in [1.807, 2.05) is 36.7 Å². The van der Waals surface area contributed by atoms with Gasteiger partial charge in [0, 0.05) is 60.8 Å². The molecule has 49 heavy (non-hydrogen) atoms. The average Bonchev–Trinajstić information content (AvgIpc) is 3.77. The molecule has 8 rings (SSSR count). The van der Waals surface area contributed by atoms with Gasteiger partial charge in [0.05, 0.1) is 63.1 Å². The van der Waals surface area contributed by atoms with Crippen LogP contribution in [0, 0.1) is 0 Å². The maximum absolute atomic E-state index is 9.86. The van der Waals surface area contributed by atoms with Gasteiger partial charge in [-0.1, -0.05) is 31.7 Å². The van der Waals surface area contributed by atoms with Crippen molar-refractivity contribution in [2.45, 2.75) is 46.6 Å². The normalized spacial score (nSPS) is 17.9. The molecule has 6 heterocycles. The lowest BCUT2D eigenvalue weighted by molar-refractivity contribution is 0.122. The van der Waals surface area contributed by atoms with Gasteiger partial charge in [-0.05, 0) is 72.5 Å². The molecule has 0 amide bonds. The Labute approximate surface area is 288 Å². The highest BCUT2D eigenvalue weighted by Gasteiger charge is 2.22. The smallest absolute Gasteiger partial charge is 0.129 e. The van der Waals surface area contributed by atoms with Crippen molar-refractivity contribution in [1.29, 1.82) is 0 Å². The van der Waals surface area contributed by atoms with E-state index in [2.05, 4.69) is 56.2 Å². The van der Waals surface area contributed by atoms with Gasteiger partial charge in [-0.15, -0.1) is 0 Å². The van der Waals surface area contributed by atoms with Crippen molar-refractivity contribution in [3.8, 4) is 0 Å². The lowest BCUT2D eigenvalue weighted by Gasteiger charge is -2.28. The van der Waals surface area contributed by atoms with Crippen LogP contribution in [0.15, 0.2) is 83.0 Å². The highest BCUT2D eigenvalue weighted by molar-refractivity contribution is 6.16. The molecule has 10 nitrogen and oxygen atoms in total. The Bertz CT molecular complexity index is 1690. The summed E-state index contributed by atoms with van der Waals surface area (Å²) in [5, 5.41) is 19.7. The standard InChI is InChI=1S/2C19H21N3O2.CH4/c2*1-13(23)14-2-3-16-12-21-19(17(16)10-14)15-4-5-20-18(11-15)22-6-8-24-9-7-22;/h2*2-5,10-11,13,23H,6-9,12H2,1H3;1H4. The highest BCUT2D eigenvalue weighted by atomic mass is 16.5. The summed E-state index contributed by atoms with van der Waals surface area (Å²) in [6.45, 7) is 11.4. The van der Waals surface area contributed by atoms with Crippen molar-refractivity contribution in [2.75, 3.05) is 62.4 Å². The Balaban J connectivity index is 0.000000167. The summed E-state index contributed by atoms with van der Waals surface area (Å²) in [5.41, 5.74) is 10.6. The molecule has 0 radical (unpaired) electrons. The van der Waals surface area contributed by atoms with Crippen molar-refractivity contribution >= 4 is 23.1 Å². The van der Waals surface area contributed by atoms with Gasteiger partial charge in [0.15, 0.2) is 0 Å². The topological polar surface area (TPSA) is 116 Å². The van der Waals surface area contributed by atoms with Crippen LogP contribution < -0.4 is 9.80 Å². The van der Waals surface area contributed by atoms with Gasteiger partial charge in [-0.3, -0.25) is 9.98 Å². The van der Waals surface area contributed by atoms with Crippen molar-refractivity contribution in [1.82, 2.24) is 9.97 Å². The molecule has 0 aliphatic carbocycles. The van der Waals surface area contributed by atoms with Crippen LogP contribution in [0.2, 0.25) is 0 Å². The number of aromatic nitrogens is 2. The number of pyridine rings is 2. The number of aliphatic hydroxyl groups is 2. The molecule has 2 aromatic heterocycles. The minimum atomic E-state index is -0.474. The average molecular weight is 663 g/mol. The summed E-state index contributed by atoms with van der Waals surface area (Å²) >= 11 is 0. The van der Waals surface area contributed by atoms with E-state index in [1.54, 1.807) is 13.8 Å². The zero-order valence-corrected chi connectivity index (χ0v) is 27.5. The van der Waals surface area contributed by atoms with Gasteiger partial charge in [-0.25, -0.2) is 9.97 Å². The third-order valence-electron chi connectivity index (χ3n) is 9.27. The summed E-state index contributed by atoms with van der Waals surface area (Å²) < 4.78 is 10.8. The first kappa shape index (κ1) is 34.4. The second-order valence-corrected chi connectivity index (χ2v) is 12.5. The van der Waals surface area contributed by atoms with Crippen LogP contribution in [-0.2, 0) is 22.6 Å². The molecule has 0 saturated carbocycles. The predicted octanol–water partition coefficient (Wildman–Crippen LogP) is 5.28. The number of aliphatic imine (C=N–C) groups is 2. The summed E-state index contributed by atoms with van der Waals surface area (Å²) in [5.74, 6) is 1.94. The fourth-order valence-corrected chi connectivity index (χ4v) is 6.48. The molecule has 2 fully saturated rings. The molecule has 4 aliphatic heterocycles. The van der Waals surface area contributed by atoms with E-state index in [0.29, 0.717) is 13.1 Å². The fraction of sp³-hybridized carbons (Fsp3) is 0.385. The molecule has 2 N–H and O–H groups in total. The van der Waals surface area contributed by atoms with Crippen LogP contribution in [-0.4, -0.2) is 84.2 Å². The highest BCUT2D eigenvalue weighted by Crippen LogP contribution is 2.29.